The average Bonchev–Trinajstić information content (AvgIpc) is 2.76. The number of nitrogens with zero attached hydrogens (tertiary/aromatic N) is 1. The fourth-order valence-electron chi connectivity index (χ4n) is 4.54. The summed E-state index contributed by atoms with van der Waals surface area (Å²) in [7, 11) is 1.59. The molecule has 0 atom stereocenters. The number of hydrogen-bond acceptors (Lipinski definition) is 3. The number of carboxylic acid groups (broad SMARTS) is 1. The molecule has 0 heterocycles. The maximum absolute atomic E-state index is 13.6. The first-order chi connectivity index (χ1) is 15.8. The number of carboxylic acids is 1. The number of benzene rings is 2. The van der Waals surface area contributed by atoms with Crippen LogP contribution < -0.4 is 9.64 Å². The Labute approximate surface area is 199 Å². The Morgan fingerprint density at radius 1 is 1.03 bits per heavy atom. The first-order valence-corrected chi connectivity index (χ1v) is 11.8. The van der Waals surface area contributed by atoms with Crippen molar-refractivity contribution in [2.45, 2.75) is 65.2 Å². The van der Waals surface area contributed by atoms with Gasteiger partial charge in [0.05, 0.1) is 18.1 Å². The van der Waals surface area contributed by atoms with Crippen molar-refractivity contribution in [3.63, 3.8) is 0 Å². The molecule has 4 nitrogen and oxygen atoms in total. The number of carbonyl (C=O) groups is 1. The van der Waals surface area contributed by atoms with E-state index in [1.807, 2.05) is 6.07 Å². The second kappa shape index (κ2) is 10.3. The minimum absolute atomic E-state index is 0.105. The Bertz CT molecular complexity index is 989. The Kier molecular flexibility index (Phi) is 7.84. The molecule has 186 valence electrons. The van der Waals surface area contributed by atoms with E-state index in [0.29, 0.717) is 28.5 Å². The zero-order valence-electron chi connectivity index (χ0n) is 20.3. The summed E-state index contributed by atoms with van der Waals surface area (Å²) < 4.78 is 47.0. The van der Waals surface area contributed by atoms with E-state index in [9.17, 15) is 18.0 Å². The van der Waals surface area contributed by atoms with E-state index in [0.717, 1.165) is 37.8 Å². The highest BCUT2D eigenvalue weighted by Crippen LogP contribution is 2.40. The molecule has 2 aromatic rings. The van der Waals surface area contributed by atoms with Gasteiger partial charge in [-0.2, -0.15) is 13.2 Å². The fourth-order valence-corrected chi connectivity index (χ4v) is 4.54. The van der Waals surface area contributed by atoms with Gasteiger partial charge in [0.1, 0.15) is 5.75 Å². The third kappa shape index (κ3) is 6.90. The third-order valence-corrected chi connectivity index (χ3v) is 6.72. The van der Waals surface area contributed by atoms with Crippen molar-refractivity contribution in [1.82, 2.24) is 0 Å². The summed E-state index contributed by atoms with van der Waals surface area (Å²) in [5, 5.41) is 8.92. The zero-order valence-corrected chi connectivity index (χ0v) is 20.3. The van der Waals surface area contributed by atoms with Gasteiger partial charge in [-0.1, -0.05) is 32.9 Å². The van der Waals surface area contributed by atoms with Gasteiger partial charge in [-0.3, -0.25) is 4.79 Å². The van der Waals surface area contributed by atoms with Crippen LogP contribution in [0.2, 0.25) is 0 Å². The summed E-state index contributed by atoms with van der Waals surface area (Å²) in [6.45, 7) is 6.91. The molecule has 0 aromatic heterocycles. The molecule has 0 bridgehead atoms. The predicted octanol–water partition coefficient (Wildman–Crippen LogP) is 7.27. The van der Waals surface area contributed by atoms with E-state index in [2.05, 4.69) is 20.8 Å². The average molecular weight is 478 g/mol. The van der Waals surface area contributed by atoms with Gasteiger partial charge in [0, 0.05) is 19.3 Å². The van der Waals surface area contributed by atoms with Crippen molar-refractivity contribution in [2.24, 2.45) is 11.3 Å². The van der Waals surface area contributed by atoms with Gasteiger partial charge in [-0.05, 0) is 78.5 Å². The van der Waals surface area contributed by atoms with Crippen LogP contribution >= 0.6 is 0 Å². The van der Waals surface area contributed by atoms with Crippen LogP contribution in [-0.4, -0.2) is 30.8 Å². The van der Waals surface area contributed by atoms with Crippen LogP contribution in [0.4, 0.5) is 18.9 Å². The molecule has 34 heavy (non-hydrogen) atoms. The summed E-state index contributed by atoms with van der Waals surface area (Å²) in [5.74, 6) is 0.315. The van der Waals surface area contributed by atoms with Gasteiger partial charge in [-0.25, -0.2) is 0 Å². The Hall–Kier alpha value is -2.70. The highest BCUT2D eigenvalue weighted by atomic mass is 19.4. The van der Waals surface area contributed by atoms with Gasteiger partial charge < -0.3 is 14.7 Å². The summed E-state index contributed by atoms with van der Waals surface area (Å²) >= 11 is 0. The largest absolute Gasteiger partial charge is 0.490 e. The highest BCUT2D eigenvalue weighted by molar-refractivity contribution is 5.72. The van der Waals surface area contributed by atoms with Crippen LogP contribution in [0.15, 0.2) is 42.5 Å². The normalized spacial score (nSPS) is 19.0. The zero-order chi connectivity index (χ0) is 25.1. The smallest absolute Gasteiger partial charge is 0.416 e. The molecule has 0 saturated heterocycles. The molecule has 1 aliphatic carbocycles. The number of anilines is 1. The lowest BCUT2D eigenvalue weighted by Crippen LogP contribution is -2.30. The first-order valence-electron chi connectivity index (χ1n) is 11.8. The van der Waals surface area contributed by atoms with Crippen LogP contribution in [0.1, 0.15) is 58.4 Å². The molecule has 3 rings (SSSR count). The summed E-state index contributed by atoms with van der Waals surface area (Å²) in [5.41, 5.74) is 0.865. The van der Waals surface area contributed by atoms with Crippen molar-refractivity contribution < 1.29 is 27.8 Å². The lowest BCUT2D eigenvalue weighted by Gasteiger charge is -2.37. The van der Waals surface area contributed by atoms with Crippen LogP contribution in [-0.2, 0) is 11.0 Å². The molecule has 2 aromatic carbocycles. The van der Waals surface area contributed by atoms with Crippen LogP contribution in [0, 0.1) is 11.3 Å². The quantitative estimate of drug-likeness (QED) is 0.456. The van der Waals surface area contributed by atoms with Crippen LogP contribution in [0.5, 0.6) is 5.75 Å². The number of rotatable bonds is 7. The molecule has 1 fully saturated rings. The molecule has 0 amide bonds. The molecule has 1 saturated carbocycles. The Balaban J connectivity index is 1.82. The SMILES string of the molecule is CN(CCC(=O)O)c1cc(-c2cccc(OC3CCC(C(C)(C)C)CC3)c2)cc(C(F)(F)F)c1. The molecule has 1 aliphatic rings. The molecule has 0 radical (unpaired) electrons. The first kappa shape index (κ1) is 25.9. The van der Waals surface area contributed by atoms with Gasteiger partial charge >= 0.3 is 12.1 Å². The minimum Gasteiger partial charge on any atom is -0.490 e. The van der Waals surface area contributed by atoms with Gasteiger partial charge in [0.2, 0.25) is 0 Å². The minimum atomic E-state index is -4.52. The van der Waals surface area contributed by atoms with Crippen molar-refractivity contribution in [1.29, 1.82) is 0 Å². The molecule has 0 unspecified atom stereocenters. The number of hydrogen-bond donors (Lipinski definition) is 1. The van der Waals surface area contributed by atoms with E-state index in [4.69, 9.17) is 9.84 Å². The number of halogens is 3. The Morgan fingerprint density at radius 2 is 1.71 bits per heavy atom. The molecule has 1 N–H and O–H groups in total. The fraction of sp³-hybridized carbons (Fsp3) is 0.519. The van der Waals surface area contributed by atoms with E-state index in [-0.39, 0.29) is 24.5 Å². The van der Waals surface area contributed by atoms with Crippen molar-refractivity contribution in [3.05, 3.63) is 48.0 Å². The molecule has 0 aliphatic heterocycles. The van der Waals surface area contributed by atoms with Gasteiger partial charge in [-0.15, -0.1) is 0 Å². The van der Waals surface area contributed by atoms with E-state index in [1.54, 1.807) is 31.3 Å². The standard InChI is InChI=1S/C27H34F3NO3/c1-26(2,3)20-8-10-23(11-9-20)34-24-7-5-6-18(16-24)19-14-21(27(28,29)30)17-22(15-19)31(4)13-12-25(32)33/h5-7,14-17,20,23H,8-13H2,1-4H3,(H,32,33). The summed E-state index contributed by atoms with van der Waals surface area (Å²) in [6.07, 6.45) is -0.432. The second-order valence-electron chi connectivity index (χ2n) is 10.3. The Morgan fingerprint density at radius 3 is 2.29 bits per heavy atom. The highest BCUT2D eigenvalue weighted by Gasteiger charge is 2.32. The number of ether oxygens (including phenoxy) is 1. The lowest BCUT2D eigenvalue weighted by atomic mass is 9.72. The van der Waals surface area contributed by atoms with E-state index >= 15 is 0 Å². The maximum Gasteiger partial charge on any atom is 0.416 e. The molecular weight excluding hydrogens is 443 g/mol. The van der Waals surface area contributed by atoms with Crippen LogP contribution in [0.3, 0.4) is 0 Å². The molecule has 7 heteroatoms. The van der Waals surface area contributed by atoms with Crippen LogP contribution in [0.25, 0.3) is 11.1 Å². The monoisotopic (exact) mass is 477 g/mol. The summed E-state index contributed by atoms with van der Waals surface area (Å²) in [4.78, 5) is 12.4. The van der Waals surface area contributed by atoms with Crippen molar-refractivity contribution >= 4 is 11.7 Å². The number of aliphatic carboxylic acids is 1. The van der Waals surface area contributed by atoms with E-state index < -0.39 is 17.7 Å². The molecular formula is C27H34F3NO3. The van der Waals surface area contributed by atoms with E-state index in [1.165, 1.54) is 4.90 Å². The third-order valence-electron chi connectivity index (χ3n) is 6.72. The second-order valence-corrected chi connectivity index (χ2v) is 10.3. The topological polar surface area (TPSA) is 49.8 Å². The number of alkyl halides is 3. The maximum atomic E-state index is 13.6. The van der Waals surface area contributed by atoms with Gasteiger partial charge in [0.15, 0.2) is 0 Å². The van der Waals surface area contributed by atoms with Crippen molar-refractivity contribution in [2.75, 3.05) is 18.5 Å². The van der Waals surface area contributed by atoms with Crippen molar-refractivity contribution in [3.8, 4) is 16.9 Å². The predicted molar refractivity (Wildman–Crippen MR) is 128 cm³/mol. The lowest BCUT2D eigenvalue weighted by molar-refractivity contribution is -0.138. The summed E-state index contributed by atoms with van der Waals surface area (Å²) in [6, 6.07) is 11.0. The van der Waals surface area contributed by atoms with Gasteiger partial charge in [0.25, 0.3) is 0 Å². The molecule has 0 spiro atoms.